The number of anilines is 2. The number of nitrogens with two attached hydrogens (primary N) is 1. The third-order valence-corrected chi connectivity index (χ3v) is 5.65. The quantitative estimate of drug-likeness (QED) is 0.434. The van der Waals surface area contributed by atoms with Crippen molar-refractivity contribution in [3.05, 3.63) is 65.1 Å². The third kappa shape index (κ3) is 4.84. The summed E-state index contributed by atoms with van der Waals surface area (Å²) in [6.45, 7) is 1.97. The highest BCUT2D eigenvalue weighted by molar-refractivity contribution is 9.10. The van der Waals surface area contributed by atoms with E-state index in [1.807, 2.05) is 36.4 Å². The van der Waals surface area contributed by atoms with Crippen LogP contribution in [0.15, 0.2) is 65.1 Å². The van der Waals surface area contributed by atoms with Crippen molar-refractivity contribution < 1.29 is 0 Å². The van der Waals surface area contributed by atoms with E-state index in [0.717, 1.165) is 39.8 Å². The first-order valence-corrected chi connectivity index (χ1v) is 10.9. The van der Waals surface area contributed by atoms with Crippen molar-refractivity contribution in [1.82, 2.24) is 19.9 Å². The molecule has 4 rings (SSSR count). The summed E-state index contributed by atoms with van der Waals surface area (Å²) in [6.07, 6.45) is 0. The maximum atomic E-state index is 6.21. The zero-order valence-electron chi connectivity index (χ0n) is 17.9. The van der Waals surface area contributed by atoms with Crippen LogP contribution < -0.4 is 10.6 Å². The van der Waals surface area contributed by atoms with Crippen molar-refractivity contribution in [2.45, 2.75) is 0 Å². The van der Waals surface area contributed by atoms with Crippen LogP contribution in [0.25, 0.3) is 33.7 Å². The van der Waals surface area contributed by atoms with Gasteiger partial charge in [0.15, 0.2) is 11.5 Å². The third-order valence-electron chi connectivity index (χ3n) is 5.16. The SMILES string of the molecule is CN(C)CCN(C)c1ccc(-c2ccc3c(N)nc(-c4cccc(Br)c4)nc3n2)cc1. The number of hydrogen-bond acceptors (Lipinski definition) is 6. The largest absolute Gasteiger partial charge is 0.383 e. The molecule has 6 nitrogen and oxygen atoms in total. The second-order valence-corrected chi connectivity index (χ2v) is 8.70. The summed E-state index contributed by atoms with van der Waals surface area (Å²) in [5.74, 6) is 0.991. The molecular weight excluding hydrogens is 452 g/mol. The molecule has 0 aliphatic rings. The molecule has 2 aromatic heterocycles. The summed E-state index contributed by atoms with van der Waals surface area (Å²) in [5, 5.41) is 0.752. The van der Waals surface area contributed by atoms with E-state index in [1.165, 1.54) is 5.69 Å². The lowest BCUT2D eigenvalue weighted by Gasteiger charge is -2.21. The lowest BCUT2D eigenvalue weighted by atomic mass is 10.1. The summed E-state index contributed by atoms with van der Waals surface area (Å²) in [4.78, 5) is 18.4. The van der Waals surface area contributed by atoms with Gasteiger partial charge in [-0.15, -0.1) is 0 Å². The number of aromatic nitrogens is 3. The fourth-order valence-corrected chi connectivity index (χ4v) is 3.72. The monoisotopic (exact) mass is 476 g/mol. The Bertz CT molecular complexity index is 1210. The van der Waals surface area contributed by atoms with Gasteiger partial charge in [0.05, 0.1) is 11.1 Å². The fourth-order valence-electron chi connectivity index (χ4n) is 3.32. The zero-order valence-corrected chi connectivity index (χ0v) is 19.5. The maximum absolute atomic E-state index is 6.21. The Balaban J connectivity index is 1.65. The molecule has 158 valence electrons. The minimum Gasteiger partial charge on any atom is -0.383 e. The van der Waals surface area contributed by atoms with E-state index in [4.69, 9.17) is 10.7 Å². The molecule has 0 aliphatic carbocycles. The van der Waals surface area contributed by atoms with Crippen LogP contribution in [0.4, 0.5) is 11.5 Å². The first-order chi connectivity index (χ1) is 14.9. The van der Waals surface area contributed by atoms with Crippen molar-refractivity contribution in [2.24, 2.45) is 0 Å². The number of pyridine rings is 1. The Morgan fingerprint density at radius 3 is 2.32 bits per heavy atom. The zero-order chi connectivity index (χ0) is 22.0. The summed E-state index contributed by atoms with van der Waals surface area (Å²) in [5.41, 5.74) is 10.8. The van der Waals surface area contributed by atoms with Crippen molar-refractivity contribution in [1.29, 1.82) is 0 Å². The molecule has 0 bridgehead atoms. The van der Waals surface area contributed by atoms with Gasteiger partial charge >= 0.3 is 0 Å². The van der Waals surface area contributed by atoms with Crippen molar-refractivity contribution in [3.8, 4) is 22.6 Å². The molecular formula is C24H25BrN6. The van der Waals surface area contributed by atoms with E-state index in [1.54, 1.807) is 0 Å². The molecule has 0 saturated carbocycles. The normalized spacial score (nSPS) is 11.3. The van der Waals surface area contributed by atoms with Gasteiger partial charge < -0.3 is 15.5 Å². The van der Waals surface area contributed by atoms with E-state index in [2.05, 4.69) is 81.1 Å². The average Bonchev–Trinajstić information content (AvgIpc) is 2.77. The smallest absolute Gasteiger partial charge is 0.165 e. The fraction of sp³-hybridized carbons (Fsp3) is 0.208. The predicted molar refractivity (Wildman–Crippen MR) is 132 cm³/mol. The van der Waals surface area contributed by atoms with Gasteiger partial charge in [0.1, 0.15) is 5.82 Å². The number of halogens is 1. The van der Waals surface area contributed by atoms with Crippen molar-refractivity contribution >= 4 is 38.5 Å². The minimum atomic E-state index is 0.428. The van der Waals surface area contributed by atoms with E-state index < -0.39 is 0 Å². The van der Waals surface area contributed by atoms with E-state index in [0.29, 0.717) is 17.3 Å². The maximum Gasteiger partial charge on any atom is 0.165 e. The molecule has 0 amide bonds. The van der Waals surface area contributed by atoms with Crippen LogP contribution in [-0.2, 0) is 0 Å². The highest BCUT2D eigenvalue weighted by Gasteiger charge is 2.11. The van der Waals surface area contributed by atoms with Gasteiger partial charge in [0, 0.05) is 41.4 Å². The van der Waals surface area contributed by atoms with Crippen LogP contribution in [0, 0.1) is 0 Å². The molecule has 2 heterocycles. The van der Waals surface area contributed by atoms with E-state index >= 15 is 0 Å². The topological polar surface area (TPSA) is 71.2 Å². The van der Waals surface area contributed by atoms with Crippen molar-refractivity contribution in [2.75, 3.05) is 44.9 Å². The summed E-state index contributed by atoms with van der Waals surface area (Å²) in [7, 11) is 6.28. The second kappa shape index (κ2) is 8.99. The van der Waals surface area contributed by atoms with Gasteiger partial charge in [-0.1, -0.05) is 40.2 Å². The number of likely N-dealkylation sites (N-methyl/N-ethyl adjacent to an activating group) is 2. The molecule has 2 aromatic carbocycles. The standard InChI is InChI=1S/C24H25BrN6/c1-30(2)13-14-31(3)19-9-7-16(8-10-19)21-12-11-20-22(26)28-23(29-24(20)27-21)17-5-4-6-18(25)15-17/h4-12,15H,13-14H2,1-3H3,(H2,26,27,28,29). The van der Waals surface area contributed by atoms with Gasteiger partial charge in [0.2, 0.25) is 0 Å². The number of hydrogen-bond donors (Lipinski definition) is 1. The molecule has 0 aliphatic heterocycles. The number of rotatable bonds is 6. The highest BCUT2D eigenvalue weighted by Crippen LogP contribution is 2.27. The lowest BCUT2D eigenvalue weighted by Crippen LogP contribution is -2.28. The highest BCUT2D eigenvalue weighted by atomic mass is 79.9. The second-order valence-electron chi connectivity index (χ2n) is 7.78. The van der Waals surface area contributed by atoms with Gasteiger partial charge in [-0.3, -0.25) is 0 Å². The van der Waals surface area contributed by atoms with Crippen LogP contribution in [-0.4, -0.2) is 54.1 Å². The molecule has 0 saturated heterocycles. The number of fused-ring (bicyclic) bond motifs is 1. The van der Waals surface area contributed by atoms with Crippen LogP contribution >= 0.6 is 15.9 Å². The minimum absolute atomic E-state index is 0.428. The van der Waals surface area contributed by atoms with E-state index in [9.17, 15) is 0 Å². The van der Waals surface area contributed by atoms with E-state index in [-0.39, 0.29) is 0 Å². The Kier molecular flexibility index (Phi) is 6.15. The first-order valence-electron chi connectivity index (χ1n) is 10.1. The molecule has 0 fully saturated rings. The van der Waals surface area contributed by atoms with Crippen LogP contribution in [0.5, 0.6) is 0 Å². The molecule has 0 spiro atoms. The Morgan fingerprint density at radius 2 is 1.61 bits per heavy atom. The van der Waals surface area contributed by atoms with Gasteiger partial charge in [-0.2, -0.15) is 0 Å². The number of nitrogen functional groups attached to an aromatic ring is 1. The summed E-state index contributed by atoms with van der Waals surface area (Å²) >= 11 is 3.49. The molecule has 0 unspecified atom stereocenters. The predicted octanol–water partition coefficient (Wildman–Crippen LogP) is 4.70. The summed E-state index contributed by atoms with van der Waals surface area (Å²) < 4.78 is 0.963. The molecule has 0 atom stereocenters. The lowest BCUT2D eigenvalue weighted by molar-refractivity contribution is 0.416. The van der Waals surface area contributed by atoms with Crippen molar-refractivity contribution in [3.63, 3.8) is 0 Å². The first kappa shape index (κ1) is 21.2. The van der Waals surface area contributed by atoms with Crippen LogP contribution in [0.1, 0.15) is 0 Å². The van der Waals surface area contributed by atoms with Gasteiger partial charge in [-0.05, 0) is 50.5 Å². The Hall–Kier alpha value is -3.03. The number of benzene rings is 2. The molecule has 31 heavy (non-hydrogen) atoms. The average molecular weight is 477 g/mol. The summed E-state index contributed by atoms with van der Waals surface area (Å²) in [6, 6.07) is 20.2. The number of nitrogens with zero attached hydrogens (tertiary/aromatic N) is 5. The molecule has 2 N–H and O–H groups in total. The Labute approximate surface area is 190 Å². The molecule has 0 radical (unpaired) electrons. The van der Waals surface area contributed by atoms with Gasteiger partial charge in [0.25, 0.3) is 0 Å². The van der Waals surface area contributed by atoms with Gasteiger partial charge in [-0.25, -0.2) is 15.0 Å². The van der Waals surface area contributed by atoms with Crippen LogP contribution in [0.3, 0.4) is 0 Å². The van der Waals surface area contributed by atoms with Crippen LogP contribution in [0.2, 0.25) is 0 Å². The Morgan fingerprint density at radius 1 is 0.839 bits per heavy atom. The molecule has 7 heteroatoms. The molecule has 4 aromatic rings.